The molecule has 116 valence electrons. The second-order valence-electron chi connectivity index (χ2n) is 6.46. The Morgan fingerprint density at radius 2 is 2.00 bits per heavy atom. The van der Waals surface area contributed by atoms with Crippen molar-refractivity contribution < 1.29 is 0 Å². The summed E-state index contributed by atoms with van der Waals surface area (Å²) in [5.74, 6) is 0.789. The van der Waals surface area contributed by atoms with Crippen molar-refractivity contribution in [3.63, 3.8) is 0 Å². The van der Waals surface area contributed by atoms with Gasteiger partial charge in [-0.15, -0.1) is 0 Å². The van der Waals surface area contributed by atoms with Gasteiger partial charge >= 0.3 is 0 Å². The predicted molar refractivity (Wildman–Crippen MR) is 92.6 cm³/mol. The van der Waals surface area contributed by atoms with Crippen molar-refractivity contribution in [1.29, 1.82) is 0 Å². The van der Waals surface area contributed by atoms with Gasteiger partial charge in [0.25, 0.3) is 0 Å². The third-order valence-electron chi connectivity index (χ3n) is 4.39. The molecule has 0 aliphatic rings. The highest BCUT2D eigenvalue weighted by molar-refractivity contribution is 5.80. The highest BCUT2D eigenvalue weighted by atomic mass is 15.0. The van der Waals surface area contributed by atoms with Crippen LogP contribution in [0.4, 0.5) is 0 Å². The summed E-state index contributed by atoms with van der Waals surface area (Å²) in [7, 11) is 0. The molecule has 2 atom stereocenters. The number of nitrogens with zero attached hydrogens (tertiary/aromatic N) is 1. The zero-order chi connectivity index (χ0) is 15.2. The van der Waals surface area contributed by atoms with Gasteiger partial charge in [-0.3, -0.25) is 0 Å². The van der Waals surface area contributed by atoms with E-state index < -0.39 is 0 Å². The lowest BCUT2D eigenvalue weighted by Gasteiger charge is -2.16. The largest absolute Gasteiger partial charge is 0.347 e. The number of rotatable bonds is 8. The lowest BCUT2D eigenvalue weighted by molar-refractivity contribution is 0.396. The number of hydrogen-bond acceptors (Lipinski definition) is 1. The maximum Gasteiger partial charge on any atom is 0.0483 e. The van der Waals surface area contributed by atoms with Crippen molar-refractivity contribution in [2.45, 2.75) is 65.5 Å². The molecule has 1 aromatic carbocycles. The summed E-state index contributed by atoms with van der Waals surface area (Å²) in [6.45, 7) is 7.80. The van der Waals surface area contributed by atoms with Gasteiger partial charge in [0, 0.05) is 24.3 Å². The Hall–Kier alpha value is -1.28. The van der Waals surface area contributed by atoms with Crippen LogP contribution in [0.15, 0.2) is 30.5 Å². The number of nitrogens with two attached hydrogens (primary N) is 1. The number of hydrogen-bond donors (Lipinski definition) is 1. The van der Waals surface area contributed by atoms with Crippen LogP contribution in [0.25, 0.3) is 10.9 Å². The van der Waals surface area contributed by atoms with Gasteiger partial charge in [-0.25, -0.2) is 0 Å². The Morgan fingerprint density at radius 1 is 1.19 bits per heavy atom. The van der Waals surface area contributed by atoms with Crippen LogP contribution in [0.2, 0.25) is 0 Å². The molecule has 0 aliphatic heterocycles. The quantitative estimate of drug-likeness (QED) is 0.746. The average molecular weight is 286 g/mol. The maximum atomic E-state index is 5.93. The van der Waals surface area contributed by atoms with Crippen LogP contribution in [0.3, 0.4) is 0 Å². The van der Waals surface area contributed by atoms with Gasteiger partial charge in [-0.2, -0.15) is 0 Å². The minimum atomic E-state index is 0.221. The molecule has 2 N–H and O–H groups in total. The third kappa shape index (κ3) is 4.34. The van der Waals surface area contributed by atoms with Crippen LogP contribution in [0.1, 0.15) is 52.0 Å². The van der Waals surface area contributed by atoms with E-state index in [-0.39, 0.29) is 6.04 Å². The first kappa shape index (κ1) is 16.1. The Labute approximate surface area is 129 Å². The van der Waals surface area contributed by atoms with E-state index in [9.17, 15) is 0 Å². The molecular weight excluding hydrogens is 256 g/mol. The van der Waals surface area contributed by atoms with E-state index in [1.807, 2.05) is 0 Å². The first-order valence-corrected chi connectivity index (χ1v) is 8.47. The summed E-state index contributed by atoms with van der Waals surface area (Å²) in [4.78, 5) is 0. The molecule has 0 aliphatic carbocycles. The smallest absolute Gasteiger partial charge is 0.0483 e. The van der Waals surface area contributed by atoms with E-state index >= 15 is 0 Å². The summed E-state index contributed by atoms with van der Waals surface area (Å²) in [6.07, 6.45) is 8.43. The van der Waals surface area contributed by atoms with E-state index in [0.29, 0.717) is 0 Å². The molecule has 0 radical (unpaired) electrons. The SMILES string of the molecule is CCCCC(CC)Cn1ccc2ccc(CC(C)N)cc21. The fourth-order valence-electron chi connectivity index (χ4n) is 3.08. The first-order chi connectivity index (χ1) is 10.1. The van der Waals surface area contributed by atoms with E-state index in [0.717, 1.165) is 18.9 Å². The van der Waals surface area contributed by atoms with Gasteiger partial charge < -0.3 is 10.3 Å². The third-order valence-corrected chi connectivity index (χ3v) is 4.39. The molecule has 2 rings (SSSR count). The minimum absolute atomic E-state index is 0.221. The Kier molecular flexibility index (Phi) is 5.86. The van der Waals surface area contributed by atoms with Crippen molar-refractivity contribution in [1.82, 2.24) is 4.57 Å². The van der Waals surface area contributed by atoms with Gasteiger partial charge in [-0.05, 0) is 48.8 Å². The van der Waals surface area contributed by atoms with Crippen molar-refractivity contribution in [3.8, 4) is 0 Å². The van der Waals surface area contributed by atoms with E-state index in [1.165, 1.54) is 42.1 Å². The summed E-state index contributed by atoms with van der Waals surface area (Å²) in [6, 6.07) is 9.22. The van der Waals surface area contributed by atoms with Crippen LogP contribution in [-0.2, 0) is 13.0 Å². The Morgan fingerprint density at radius 3 is 2.67 bits per heavy atom. The van der Waals surface area contributed by atoms with Crippen LogP contribution < -0.4 is 5.73 Å². The van der Waals surface area contributed by atoms with Crippen molar-refractivity contribution in [2.75, 3.05) is 0 Å². The second-order valence-corrected chi connectivity index (χ2v) is 6.46. The van der Waals surface area contributed by atoms with Gasteiger partial charge in [-0.1, -0.05) is 45.2 Å². The highest BCUT2D eigenvalue weighted by Gasteiger charge is 2.10. The molecule has 21 heavy (non-hydrogen) atoms. The average Bonchev–Trinajstić information content (AvgIpc) is 2.85. The molecule has 0 fully saturated rings. The first-order valence-electron chi connectivity index (χ1n) is 8.47. The Bertz CT molecular complexity index is 554. The number of aromatic nitrogens is 1. The normalized spacial score (nSPS) is 14.5. The molecule has 2 aromatic rings. The molecule has 0 spiro atoms. The lowest BCUT2D eigenvalue weighted by Crippen LogP contribution is -2.17. The molecule has 1 heterocycles. The van der Waals surface area contributed by atoms with E-state index in [4.69, 9.17) is 5.73 Å². The number of fused-ring (bicyclic) bond motifs is 1. The van der Waals surface area contributed by atoms with Gasteiger partial charge in [0.15, 0.2) is 0 Å². The van der Waals surface area contributed by atoms with Crippen molar-refractivity contribution in [3.05, 3.63) is 36.0 Å². The zero-order valence-electron chi connectivity index (χ0n) is 13.8. The topological polar surface area (TPSA) is 30.9 Å². The van der Waals surface area contributed by atoms with Crippen LogP contribution in [0.5, 0.6) is 0 Å². The molecule has 0 saturated carbocycles. The summed E-state index contributed by atoms with van der Waals surface area (Å²) >= 11 is 0. The zero-order valence-corrected chi connectivity index (χ0v) is 13.8. The number of benzene rings is 1. The molecule has 2 unspecified atom stereocenters. The van der Waals surface area contributed by atoms with Crippen molar-refractivity contribution in [2.24, 2.45) is 11.7 Å². The maximum absolute atomic E-state index is 5.93. The van der Waals surface area contributed by atoms with E-state index in [2.05, 4.69) is 55.8 Å². The van der Waals surface area contributed by atoms with Crippen LogP contribution in [-0.4, -0.2) is 10.6 Å². The summed E-state index contributed by atoms with van der Waals surface area (Å²) < 4.78 is 2.43. The fraction of sp³-hybridized carbons (Fsp3) is 0.579. The molecule has 2 nitrogen and oxygen atoms in total. The second kappa shape index (κ2) is 7.65. The summed E-state index contributed by atoms with van der Waals surface area (Å²) in [5.41, 5.74) is 8.64. The standard InChI is InChI=1S/C19H30N2/c1-4-6-7-16(5-2)14-21-11-10-18-9-8-17(12-15(3)20)13-19(18)21/h8-11,13,15-16H,4-7,12,14,20H2,1-3H3. The lowest BCUT2D eigenvalue weighted by atomic mass is 9.99. The van der Waals surface area contributed by atoms with Crippen LogP contribution in [0, 0.1) is 5.92 Å². The Balaban J connectivity index is 2.18. The molecule has 1 aromatic heterocycles. The van der Waals surface area contributed by atoms with Crippen LogP contribution >= 0.6 is 0 Å². The molecular formula is C19H30N2. The summed E-state index contributed by atoms with van der Waals surface area (Å²) in [5, 5.41) is 1.34. The predicted octanol–water partition coefficient (Wildman–Crippen LogP) is 4.75. The molecule has 2 heteroatoms. The highest BCUT2D eigenvalue weighted by Crippen LogP contribution is 2.22. The van der Waals surface area contributed by atoms with Gasteiger partial charge in [0.2, 0.25) is 0 Å². The van der Waals surface area contributed by atoms with E-state index in [1.54, 1.807) is 0 Å². The molecule has 0 saturated heterocycles. The molecule has 0 bridgehead atoms. The monoisotopic (exact) mass is 286 g/mol. The van der Waals surface area contributed by atoms with Gasteiger partial charge in [0.05, 0.1) is 0 Å². The number of unbranched alkanes of at least 4 members (excludes halogenated alkanes) is 1. The molecule has 0 amide bonds. The minimum Gasteiger partial charge on any atom is -0.347 e. The van der Waals surface area contributed by atoms with Gasteiger partial charge in [0.1, 0.15) is 0 Å². The van der Waals surface area contributed by atoms with Crippen molar-refractivity contribution >= 4 is 10.9 Å². The fourth-order valence-corrected chi connectivity index (χ4v) is 3.08.